The van der Waals surface area contributed by atoms with Crippen LogP contribution in [0.25, 0.3) is 0 Å². The molecule has 2 fully saturated rings. The lowest BCUT2D eigenvalue weighted by atomic mass is 10.1. The molecule has 2 saturated heterocycles. The van der Waals surface area contributed by atoms with E-state index in [2.05, 4.69) is 62.7 Å². The summed E-state index contributed by atoms with van der Waals surface area (Å²) in [5.74, 6) is 1.70. The van der Waals surface area contributed by atoms with Crippen molar-refractivity contribution in [1.29, 1.82) is 0 Å². The number of benzene rings is 1. The molecule has 2 unspecified atom stereocenters. The molecule has 1 aromatic rings. The third-order valence-electron chi connectivity index (χ3n) is 5.34. The molecule has 2 atom stereocenters. The highest BCUT2D eigenvalue weighted by Crippen LogP contribution is 2.19. The van der Waals surface area contributed by atoms with Crippen molar-refractivity contribution in [2.75, 3.05) is 51.2 Å². The first-order valence-corrected chi connectivity index (χ1v) is 9.78. The number of likely N-dealkylation sites (tertiary alicyclic amines) is 1. The van der Waals surface area contributed by atoms with Crippen LogP contribution in [-0.2, 0) is 0 Å². The smallest absolute Gasteiger partial charge is 0.191 e. The number of nitrogens with one attached hydrogen (secondary N) is 2. The zero-order chi connectivity index (χ0) is 17.5. The van der Waals surface area contributed by atoms with Gasteiger partial charge in [-0.15, -0.1) is 0 Å². The van der Waals surface area contributed by atoms with Crippen LogP contribution in [-0.4, -0.2) is 63.2 Å². The molecule has 5 nitrogen and oxygen atoms in total. The number of aliphatic imine (C=N–C) groups is 1. The summed E-state index contributed by atoms with van der Waals surface area (Å²) >= 11 is 0. The van der Waals surface area contributed by atoms with Crippen molar-refractivity contribution in [3.05, 3.63) is 30.3 Å². The van der Waals surface area contributed by atoms with E-state index in [1.165, 1.54) is 38.2 Å². The molecule has 2 heterocycles. The largest absolute Gasteiger partial charge is 0.369 e. The van der Waals surface area contributed by atoms with E-state index < -0.39 is 0 Å². The average molecular weight is 344 g/mol. The lowest BCUT2D eigenvalue weighted by Gasteiger charge is -2.21. The van der Waals surface area contributed by atoms with Gasteiger partial charge in [-0.2, -0.15) is 0 Å². The fourth-order valence-corrected chi connectivity index (χ4v) is 3.98. The second kappa shape index (κ2) is 9.09. The van der Waals surface area contributed by atoms with Gasteiger partial charge < -0.3 is 20.4 Å². The third kappa shape index (κ3) is 5.11. The summed E-state index contributed by atoms with van der Waals surface area (Å²) in [7, 11) is 1.87. The minimum atomic E-state index is 0.464. The van der Waals surface area contributed by atoms with Gasteiger partial charge in [0, 0.05) is 45.0 Å². The topological polar surface area (TPSA) is 42.9 Å². The van der Waals surface area contributed by atoms with Crippen LogP contribution in [0.5, 0.6) is 0 Å². The van der Waals surface area contributed by atoms with Crippen LogP contribution < -0.4 is 15.5 Å². The lowest BCUT2D eigenvalue weighted by molar-refractivity contribution is 0.324. The number of nitrogens with zero attached hydrogens (tertiary/aromatic N) is 3. The predicted molar refractivity (Wildman–Crippen MR) is 106 cm³/mol. The summed E-state index contributed by atoms with van der Waals surface area (Å²) < 4.78 is 0. The monoisotopic (exact) mass is 343 g/mol. The zero-order valence-electron chi connectivity index (χ0n) is 15.7. The quantitative estimate of drug-likeness (QED) is 0.614. The van der Waals surface area contributed by atoms with Crippen molar-refractivity contribution in [1.82, 2.24) is 15.5 Å². The van der Waals surface area contributed by atoms with Gasteiger partial charge in [0.05, 0.1) is 0 Å². The molecule has 3 rings (SSSR count). The molecule has 1 aromatic carbocycles. The molecule has 0 amide bonds. The fraction of sp³-hybridized carbons (Fsp3) is 0.650. The molecule has 0 radical (unpaired) electrons. The van der Waals surface area contributed by atoms with E-state index in [1.807, 2.05) is 7.05 Å². The average Bonchev–Trinajstić information content (AvgIpc) is 3.29. The van der Waals surface area contributed by atoms with Gasteiger partial charge in [0.1, 0.15) is 0 Å². The maximum Gasteiger partial charge on any atom is 0.191 e. The molecule has 138 valence electrons. The summed E-state index contributed by atoms with van der Waals surface area (Å²) in [4.78, 5) is 9.46. The Bertz CT molecular complexity index is 544. The molecule has 0 aliphatic carbocycles. The van der Waals surface area contributed by atoms with Crippen LogP contribution in [0.15, 0.2) is 35.3 Å². The Hall–Kier alpha value is -1.75. The second-order valence-electron chi connectivity index (χ2n) is 7.32. The molecule has 2 N–H and O–H groups in total. The molecular weight excluding hydrogens is 310 g/mol. The molecular formula is C20H33N5. The Labute approximate surface area is 152 Å². The van der Waals surface area contributed by atoms with Crippen LogP contribution in [0.3, 0.4) is 0 Å². The first-order chi connectivity index (χ1) is 12.3. The minimum absolute atomic E-state index is 0.464. The summed E-state index contributed by atoms with van der Waals surface area (Å²) in [6.45, 7) is 9.14. The number of para-hydroxylation sites is 1. The van der Waals surface area contributed by atoms with Crippen LogP contribution in [0.1, 0.15) is 26.2 Å². The first-order valence-electron chi connectivity index (χ1n) is 9.78. The SMILES string of the molecule is CCCN1CCC(CNC(=NC)NC2CCN(c3ccccc3)C2)C1. The highest BCUT2D eigenvalue weighted by molar-refractivity contribution is 5.80. The Morgan fingerprint density at radius 2 is 2.00 bits per heavy atom. The van der Waals surface area contributed by atoms with Crippen LogP contribution >= 0.6 is 0 Å². The van der Waals surface area contributed by atoms with Gasteiger partial charge in [0.25, 0.3) is 0 Å². The standard InChI is InChI=1S/C20H33N5/c1-3-11-24-12-9-17(15-24)14-22-20(21-2)23-18-10-13-25(16-18)19-7-5-4-6-8-19/h4-8,17-18H,3,9-16H2,1-2H3,(H2,21,22,23). The van der Waals surface area contributed by atoms with E-state index in [0.717, 1.165) is 37.9 Å². The summed E-state index contributed by atoms with van der Waals surface area (Å²) in [6, 6.07) is 11.1. The number of anilines is 1. The zero-order valence-corrected chi connectivity index (χ0v) is 15.7. The Kier molecular flexibility index (Phi) is 6.56. The summed E-state index contributed by atoms with van der Waals surface area (Å²) in [5.41, 5.74) is 1.32. The van der Waals surface area contributed by atoms with Crippen molar-refractivity contribution >= 4 is 11.6 Å². The number of rotatable bonds is 6. The molecule has 0 bridgehead atoms. The van der Waals surface area contributed by atoms with Crippen molar-refractivity contribution in [2.24, 2.45) is 10.9 Å². The van der Waals surface area contributed by atoms with Crippen molar-refractivity contribution in [3.8, 4) is 0 Å². The maximum atomic E-state index is 4.43. The van der Waals surface area contributed by atoms with Gasteiger partial charge in [-0.05, 0) is 50.4 Å². The van der Waals surface area contributed by atoms with Gasteiger partial charge >= 0.3 is 0 Å². The van der Waals surface area contributed by atoms with E-state index in [4.69, 9.17) is 0 Å². The molecule has 0 aromatic heterocycles. The number of hydrogen-bond donors (Lipinski definition) is 2. The molecule has 0 saturated carbocycles. The van der Waals surface area contributed by atoms with Gasteiger partial charge in [0.15, 0.2) is 5.96 Å². The first kappa shape index (κ1) is 18.1. The van der Waals surface area contributed by atoms with Crippen molar-refractivity contribution in [3.63, 3.8) is 0 Å². The van der Waals surface area contributed by atoms with Gasteiger partial charge in [-0.3, -0.25) is 4.99 Å². The number of hydrogen-bond acceptors (Lipinski definition) is 3. The van der Waals surface area contributed by atoms with Gasteiger partial charge in [-0.25, -0.2) is 0 Å². The Morgan fingerprint density at radius 1 is 1.16 bits per heavy atom. The molecule has 2 aliphatic rings. The Morgan fingerprint density at radius 3 is 2.76 bits per heavy atom. The van der Waals surface area contributed by atoms with E-state index in [1.54, 1.807) is 0 Å². The van der Waals surface area contributed by atoms with Crippen molar-refractivity contribution in [2.45, 2.75) is 32.2 Å². The van der Waals surface area contributed by atoms with E-state index >= 15 is 0 Å². The third-order valence-corrected chi connectivity index (χ3v) is 5.34. The van der Waals surface area contributed by atoms with Gasteiger partial charge in [0.2, 0.25) is 0 Å². The lowest BCUT2D eigenvalue weighted by Crippen LogP contribution is -2.46. The molecule has 25 heavy (non-hydrogen) atoms. The number of guanidine groups is 1. The molecule has 5 heteroatoms. The maximum absolute atomic E-state index is 4.43. The normalized spacial score (nSPS) is 24.7. The van der Waals surface area contributed by atoms with Crippen LogP contribution in [0.2, 0.25) is 0 Å². The van der Waals surface area contributed by atoms with Crippen LogP contribution in [0, 0.1) is 5.92 Å². The predicted octanol–water partition coefficient (Wildman–Crippen LogP) is 2.16. The molecule has 0 spiro atoms. The minimum Gasteiger partial charge on any atom is -0.369 e. The fourth-order valence-electron chi connectivity index (χ4n) is 3.98. The summed E-state index contributed by atoms with van der Waals surface area (Å²) in [5, 5.41) is 7.16. The Balaban J connectivity index is 1.41. The summed E-state index contributed by atoms with van der Waals surface area (Å²) in [6.07, 6.45) is 3.71. The highest BCUT2D eigenvalue weighted by Gasteiger charge is 2.25. The van der Waals surface area contributed by atoms with Crippen molar-refractivity contribution < 1.29 is 0 Å². The second-order valence-corrected chi connectivity index (χ2v) is 7.32. The van der Waals surface area contributed by atoms with Gasteiger partial charge in [-0.1, -0.05) is 25.1 Å². The van der Waals surface area contributed by atoms with E-state index in [0.29, 0.717) is 6.04 Å². The highest BCUT2D eigenvalue weighted by atomic mass is 15.2. The van der Waals surface area contributed by atoms with Crippen LogP contribution in [0.4, 0.5) is 5.69 Å². The van der Waals surface area contributed by atoms with E-state index in [9.17, 15) is 0 Å². The molecule has 2 aliphatic heterocycles. The van der Waals surface area contributed by atoms with E-state index in [-0.39, 0.29) is 0 Å².